The summed E-state index contributed by atoms with van der Waals surface area (Å²) in [6.07, 6.45) is -2.15. The lowest BCUT2D eigenvalue weighted by molar-refractivity contribution is -0.141. The summed E-state index contributed by atoms with van der Waals surface area (Å²) < 4.78 is 63.7. The Labute approximate surface area is 207 Å². The van der Waals surface area contributed by atoms with Crippen LogP contribution in [0.15, 0.2) is 71.9 Å². The minimum Gasteiger partial charge on any atom is -0.384 e. The summed E-state index contributed by atoms with van der Waals surface area (Å²) in [5.41, 5.74) is 5.04. The highest BCUT2D eigenvalue weighted by Crippen LogP contribution is 2.30. The van der Waals surface area contributed by atoms with Crippen molar-refractivity contribution in [3.63, 3.8) is 0 Å². The van der Waals surface area contributed by atoms with Crippen LogP contribution in [0.3, 0.4) is 0 Å². The van der Waals surface area contributed by atoms with Crippen LogP contribution < -0.4 is 16.2 Å². The van der Waals surface area contributed by atoms with Gasteiger partial charge in [0.15, 0.2) is 5.69 Å². The number of carbonyl (C=O) groups excluding carboxylic acids is 1. The molecule has 190 valence electrons. The van der Waals surface area contributed by atoms with Crippen LogP contribution in [-0.2, 0) is 16.2 Å². The summed E-state index contributed by atoms with van der Waals surface area (Å²) in [6.45, 7) is 0. The van der Waals surface area contributed by atoms with Gasteiger partial charge in [-0.1, -0.05) is 24.3 Å². The number of nitrogens with zero attached hydrogens (tertiary/aromatic N) is 4. The number of halogens is 3. The van der Waals surface area contributed by atoms with E-state index in [0.717, 1.165) is 4.68 Å². The number of hydrogen-bond acceptors (Lipinski definition) is 7. The van der Waals surface area contributed by atoms with E-state index in [2.05, 4.69) is 20.4 Å². The third kappa shape index (κ3) is 5.62. The summed E-state index contributed by atoms with van der Waals surface area (Å²) in [7, 11) is -3.86. The first kappa shape index (κ1) is 25.5. The van der Waals surface area contributed by atoms with Crippen molar-refractivity contribution < 1.29 is 26.4 Å². The molecule has 0 bridgehead atoms. The molecule has 2 aromatic heterocycles. The van der Waals surface area contributed by atoms with Gasteiger partial charge in [-0.15, -0.1) is 0 Å². The highest BCUT2D eigenvalue weighted by atomic mass is 32.2. The molecule has 0 aliphatic heterocycles. The number of alkyl halides is 3. The van der Waals surface area contributed by atoms with Crippen molar-refractivity contribution in [3.8, 4) is 16.8 Å². The molecule has 0 saturated carbocycles. The van der Waals surface area contributed by atoms with Gasteiger partial charge in [-0.3, -0.25) is 15.5 Å². The van der Waals surface area contributed by atoms with Crippen LogP contribution in [0.1, 0.15) is 21.7 Å². The van der Waals surface area contributed by atoms with E-state index >= 15 is 0 Å². The number of aromatic nitrogens is 4. The van der Waals surface area contributed by atoms with Gasteiger partial charge in [0.2, 0.25) is 16.0 Å². The number of amidine groups is 1. The average molecular weight is 530 g/mol. The molecule has 2 aromatic carbocycles. The average Bonchev–Trinajstić information content (AvgIpc) is 3.31. The van der Waals surface area contributed by atoms with Crippen molar-refractivity contribution in [1.29, 1.82) is 5.41 Å². The van der Waals surface area contributed by atoms with E-state index in [1.807, 2.05) is 0 Å². The van der Waals surface area contributed by atoms with Gasteiger partial charge in [0.1, 0.15) is 11.5 Å². The molecule has 0 aliphatic carbocycles. The lowest BCUT2D eigenvalue weighted by Gasteiger charge is -2.09. The zero-order chi connectivity index (χ0) is 27.0. The molecule has 11 nitrogen and oxygen atoms in total. The maximum Gasteiger partial charge on any atom is 0.435 e. The number of nitrogen functional groups attached to an aromatic ring is 1. The number of hydrogen-bond donors (Lipinski definition) is 4. The van der Waals surface area contributed by atoms with Gasteiger partial charge in [0.25, 0.3) is 5.91 Å². The maximum atomic E-state index is 13.4. The van der Waals surface area contributed by atoms with Crippen LogP contribution in [0.2, 0.25) is 0 Å². The molecule has 0 aliphatic rings. The summed E-state index contributed by atoms with van der Waals surface area (Å²) in [4.78, 5) is 20.8. The van der Waals surface area contributed by atoms with Gasteiger partial charge in [-0.05, 0) is 29.8 Å². The quantitative estimate of drug-likeness (QED) is 0.218. The minimum atomic E-state index is -4.82. The monoisotopic (exact) mass is 530 g/mol. The summed E-state index contributed by atoms with van der Waals surface area (Å²) in [5, 5.41) is 18.5. The number of carbonyl (C=O) groups is 1. The molecule has 0 unspecified atom stereocenters. The Morgan fingerprint density at radius 1 is 1.00 bits per heavy atom. The molecular formula is C22H17F3N8O3S. The lowest BCUT2D eigenvalue weighted by atomic mass is 10.1. The Hall–Kier alpha value is -4.63. The van der Waals surface area contributed by atoms with Crippen molar-refractivity contribution in [2.45, 2.75) is 11.1 Å². The first-order valence-electron chi connectivity index (χ1n) is 10.2. The van der Waals surface area contributed by atoms with Gasteiger partial charge in [-0.25, -0.2) is 28.2 Å². The standard InChI is InChI=1S/C22H17F3N8O3S/c23-22(24,25)18-9-17(33(32-18)15-3-1-2-13(8-15)19(26)27)20(34)31-21-29-10-14(11-30-21)12-4-6-16(7-5-12)37(28,35)36/h1-11H,(H3,26,27)(H2,28,35,36)(H,29,30,31,34). The van der Waals surface area contributed by atoms with Gasteiger partial charge in [0.05, 0.1) is 10.6 Å². The second-order valence-corrected chi connectivity index (χ2v) is 9.17. The Kier molecular flexibility index (Phi) is 6.49. The second kappa shape index (κ2) is 9.44. The molecule has 37 heavy (non-hydrogen) atoms. The van der Waals surface area contributed by atoms with Gasteiger partial charge < -0.3 is 5.73 Å². The Morgan fingerprint density at radius 3 is 2.22 bits per heavy atom. The fourth-order valence-electron chi connectivity index (χ4n) is 3.23. The molecule has 4 rings (SSSR count). The van der Waals surface area contributed by atoms with E-state index in [4.69, 9.17) is 16.3 Å². The van der Waals surface area contributed by atoms with Crippen LogP contribution in [-0.4, -0.2) is 39.9 Å². The van der Waals surface area contributed by atoms with E-state index in [1.54, 1.807) is 0 Å². The molecule has 0 radical (unpaired) electrons. The molecule has 2 heterocycles. The van der Waals surface area contributed by atoms with Crippen LogP contribution in [0.4, 0.5) is 19.1 Å². The van der Waals surface area contributed by atoms with Crippen LogP contribution in [0.25, 0.3) is 16.8 Å². The molecule has 15 heteroatoms. The van der Waals surface area contributed by atoms with Crippen molar-refractivity contribution in [2.75, 3.05) is 5.32 Å². The van der Waals surface area contributed by atoms with Gasteiger partial charge in [-0.2, -0.15) is 18.3 Å². The van der Waals surface area contributed by atoms with Crippen LogP contribution in [0, 0.1) is 5.41 Å². The molecule has 0 spiro atoms. The predicted octanol–water partition coefficient (Wildman–Crippen LogP) is 2.53. The van der Waals surface area contributed by atoms with Crippen LogP contribution in [0.5, 0.6) is 0 Å². The van der Waals surface area contributed by atoms with Crippen LogP contribution >= 0.6 is 0 Å². The van der Waals surface area contributed by atoms with Gasteiger partial charge in [0, 0.05) is 29.6 Å². The van der Waals surface area contributed by atoms with Gasteiger partial charge >= 0.3 is 6.18 Å². The van der Waals surface area contributed by atoms with Crippen molar-refractivity contribution in [1.82, 2.24) is 19.7 Å². The number of nitrogens with two attached hydrogens (primary N) is 2. The highest BCUT2D eigenvalue weighted by Gasteiger charge is 2.36. The number of rotatable bonds is 6. The highest BCUT2D eigenvalue weighted by molar-refractivity contribution is 7.89. The van der Waals surface area contributed by atoms with E-state index in [-0.39, 0.29) is 27.9 Å². The summed E-state index contributed by atoms with van der Waals surface area (Å²) in [6, 6.07) is 11.8. The Morgan fingerprint density at radius 2 is 1.65 bits per heavy atom. The van der Waals surface area contributed by atoms with Crippen molar-refractivity contribution in [3.05, 3.63) is 83.9 Å². The van der Waals surface area contributed by atoms with E-state index in [0.29, 0.717) is 17.2 Å². The largest absolute Gasteiger partial charge is 0.435 e. The molecule has 6 N–H and O–H groups in total. The van der Waals surface area contributed by atoms with E-state index in [9.17, 15) is 26.4 Å². The molecule has 0 atom stereocenters. The first-order valence-corrected chi connectivity index (χ1v) is 11.8. The smallest absolute Gasteiger partial charge is 0.384 e. The molecule has 4 aromatic rings. The van der Waals surface area contributed by atoms with E-state index < -0.39 is 33.5 Å². The molecular weight excluding hydrogens is 513 g/mol. The minimum absolute atomic E-state index is 0.0764. The molecule has 0 fully saturated rings. The normalized spacial score (nSPS) is 11.8. The zero-order valence-corrected chi connectivity index (χ0v) is 19.4. The molecule has 1 amide bonds. The molecule has 0 saturated heterocycles. The third-order valence-corrected chi connectivity index (χ3v) is 5.96. The number of benzene rings is 2. The lowest BCUT2D eigenvalue weighted by Crippen LogP contribution is -2.19. The first-order chi connectivity index (χ1) is 17.3. The SMILES string of the molecule is N=C(N)c1cccc(-n2nc(C(F)(F)F)cc2C(=O)Nc2ncc(-c3ccc(S(N)(=O)=O)cc3)cn2)c1. The second-order valence-electron chi connectivity index (χ2n) is 7.61. The fourth-order valence-corrected chi connectivity index (χ4v) is 3.74. The number of nitrogens with one attached hydrogen (secondary N) is 2. The van der Waals surface area contributed by atoms with E-state index in [1.165, 1.54) is 60.9 Å². The predicted molar refractivity (Wildman–Crippen MR) is 126 cm³/mol. The topological polar surface area (TPSA) is 183 Å². The van der Waals surface area contributed by atoms with Crippen molar-refractivity contribution in [2.24, 2.45) is 10.9 Å². The Balaban J connectivity index is 1.62. The summed E-state index contributed by atoms with van der Waals surface area (Å²) in [5.74, 6) is -1.49. The number of sulfonamides is 1. The number of anilines is 1. The summed E-state index contributed by atoms with van der Waals surface area (Å²) >= 11 is 0. The third-order valence-electron chi connectivity index (χ3n) is 5.03. The van der Waals surface area contributed by atoms with Crippen molar-refractivity contribution >= 4 is 27.7 Å². The number of amides is 1. The zero-order valence-electron chi connectivity index (χ0n) is 18.6. The number of primary sulfonamides is 1. The fraction of sp³-hybridized carbons (Fsp3) is 0.0455. The maximum absolute atomic E-state index is 13.4. The Bertz CT molecular complexity index is 1600.